The lowest BCUT2D eigenvalue weighted by molar-refractivity contribution is 0.235. The van der Waals surface area contributed by atoms with Crippen LogP contribution < -0.4 is 0 Å². The van der Waals surface area contributed by atoms with Gasteiger partial charge in [-0.25, -0.2) is 4.39 Å². The predicted molar refractivity (Wildman–Crippen MR) is 34.3 cm³/mol. The molecule has 2 heteroatoms. The van der Waals surface area contributed by atoms with Crippen molar-refractivity contribution in [3.05, 3.63) is 11.4 Å². The number of terminal acetylenes is 1. The molecule has 0 aromatic carbocycles. The fourth-order valence-corrected chi connectivity index (χ4v) is 0.347. The number of allylic oxidation sites excluding steroid dienone is 1. The van der Waals surface area contributed by atoms with Crippen molar-refractivity contribution in [2.24, 2.45) is 0 Å². The molecule has 1 nitrogen and oxygen atoms in total. The lowest BCUT2D eigenvalue weighted by Crippen LogP contribution is -2.03. The Morgan fingerprint density at radius 3 is 2.22 bits per heavy atom. The van der Waals surface area contributed by atoms with Gasteiger partial charge in [0.2, 0.25) is 0 Å². The average Bonchev–Trinajstić information content (AvgIpc) is 1.84. The predicted octanol–water partition coefficient (Wildman–Crippen LogP) is 1.24. The molecule has 0 spiro atoms. The van der Waals surface area contributed by atoms with E-state index in [0.717, 1.165) is 0 Å². The van der Waals surface area contributed by atoms with Crippen LogP contribution in [0.15, 0.2) is 11.4 Å². The second kappa shape index (κ2) is 3.26. The number of hydrogen-bond donors (Lipinski definition) is 1. The van der Waals surface area contributed by atoms with Gasteiger partial charge in [-0.3, -0.25) is 0 Å². The van der Waals surface area contributed by atoms with Gasteiger partial charge in [0.05, 0.1) is 0 Å². The summed E-state index contributed by atoms with van der Waals surface area (Å²) in [5.74, 6) is 1.24. The van der Waals surface area contributed by atoms with Gasteiger partial charge in [-0.15, -0.1) is 6.42 Å². The third kappa shape index (κ3) is 2.29. The molecule has 0 aromatic heterocycles. The summed E-state index contributed by atoms with van der Waals surface area (Å²) in [4.78, 5) is 0. The number of rotatable bonds is 1. The summed E-state index contributed by atoms with van der Waals surface area (Å²) in [6, 6.07) is 0. The SMILES string of the molecule is C#CC(O)C(F)=C(C)C. The first-order chi connectivity index (χ1) is 4.09. The van der Waals surface area contributed by atoms with Crippen LogP contribution in [0, 0.1) is 12.3 Å². The Morgan fingerprint density at radius 2 is 2.11 bits per heavy atom. The summed E-state index contributed by atoms with van der Waals surface area (Å²) in [5.41, 5.74) is 0.417. The molecule has 0 fully saturated rings. The molecule has 0 aromatic rings. The first-order valence-corrected chi connectivity index (χ1v) is 2.56. The van der Waals surface area contributed by atoms with Gasteiger partial charge in [-0.1, -0.05) is 5.92 Å². The van der Waals surface area contributed by atoms with Gasteiger partial charge in [-0.2, -0.15) is 0 Å². The van der Waals surface area contributed by atoms with Crippen LogP contribution in [0.2, 0.25) is 0 Å². The standard InChI is InChI=1S/C7H9FO/c1-4-6(9)7(8)5(2)3/h1,6,9H,2-3H3. The van der Waals surface area contributed by atoms with E-state index in [9.17, 15) is 4.39 Å². The summed E-state index contributed by atoms with van der Waals surface area (Å²) < 4.78 is 12.4. The Bertz CT molecular complexity index is 160. The molecule has 1 unspecified atom stereocenters. The highest BCUT2D eigenvalue weighted by Crippen LogP contribution is 2.08. The summed E-state index contributed by atoms with van der Waals surface area (Å²) >= 11 is 0. The molecule has 50 valence electrons. The van der Waals surface area contributed by atoms with Crippen LogP contribution in [0.3, 0.4) is 0 Å². The van der Waals surface area contributed by atoms with Crippen molar-refractivity contribution >= 4 is 0 Å². The molecule has 0 aliphatic heterocycles. The molecule has 0 heterocycles. The van der Waals surface area contributed by atoms with Crippen LogP contribution in [0.4, 0.5) is 4.39 Å². The highest BCUT2D eigenvalue weighted by Gasteiger charge is 2.06. The van der Waals surface area contributed by atoms with Crippen LogP contribution >= 0.6 is 0 Å². The molecule has 9 heavy (non-hydrogen) atoms. The lowest BCUT2D eigenvalue weighted by atomic mass is 10.2. The number of hydrogen-bond acceptors (Lipinski definition) is 1. The maximum atomic E-state index is 12.4. The largest absolute Gasteiger partial charge is 0.374 e. The van der Waals surface area contributed by atoms with E-state index in [-0.39, 0.29) is 0 Å². The van der Waals surface area contributed by atoms with E-state index in [1.165, 1.54) is 0 Å². The van der Waals surface area contributed by atoms with Gasteiger partial charge < -0.3 is 5.11 Å². The Morgan fingerprint density at radius 1 is 1.67 bits per heavy atom. The zero-order chi connectivity index (χ0) is 7.44. The molecule has 1 atom stereocenters. The number of halogens is 1. The Balaban J connectivity index is 4.25. The van der Waals surface area contributed by atoms with Crippen molar-refractivity contribution in [3.63, 3.8) is 0 Å². The van der Waals surface area contributed by atoms with E-state index in [1.54, 1.807) is 13.8 Å². The minimum absolute atomic E-state index is 0.417. The topological polar surface area (TPSA) is 20.2 Å². The summed E-state index contributed by atoms with van der Waals surface area (Å²) in [7, 11) is 0. The minimum atomic E-state index is -1.37. The molecule has 1 N–H and O–H groups in total. The maximum Gasteiger partial charge on any atom is 0.165 e. The minimum Gasteiger partial charge on any atom is -0.374 e. The third-order valence-electron chi connectivity index (χ3n) is 0.876. The van der Waals surface area contributed by atoms with Gasteiger partial charge in [0, 0.05) is 0 Å². The Hall–Kier alpha value is -0.810. The average molecular weight is 128 g/mol. The molecule has 0 saturated carbocycles. The second-order valence-corrected chi connectivity index (χ2v) is 1.92. The highest BCUT2D eigenvalue weighted by molar-refractivity contribution is 5.16. The normalized spacial score (nSPS) is 11.9. The van der Waals surface area contributed by atoms with Gasteiger partial charge in [0.1, 0.15) is 5.83 Å². The highest BCUT2D eigenvalue weighted by atomic mass is 19.1. The first kappa shape index (κ1) is 8.19. The number of aliphatic hydroxyl groups is 1. The fraction of sp³-hybridized carbons (Fsp3) is 0.429. The van der Waals surface area contributed by atoms with Crippen LogP contribution in [-0.2, 0) is 0 Å². The van der Waals surface area contributed by atoms with Crippen LogP contribution in [-0.4, -0.2) is 11.2 Å². The Labute approximate surface area is 54.2 Å². The van der Waals surface area contributed by atoms with E-state index in [0.29, 0.717) is 5.57 Å². The fourth-order valence-electron chi connectivity index (χ4n) is 0.347. The Kier molecular flexibility index (Phi) is 2.97. The van der Waals surface area contributed by atoms with Crippen molar-refractivity contribution in [1.29, 1.82) is 0 Å². The molecule has 0 bridgehead atoms. The molecular weight excluding hydrogens is 119 g/mol. The maximum absolute atomic E-state index is 12.4. The second-order valence-electron chi connectivity index (χ2n) is 1.92. The molecule has 0 radical (unpaired) electrons. The van der Waals surface area contributed by atoms with E-state index in [1.807, 2.05) is 5.92 Å². The zero-order valence-electron chi connectivity index (χ0n) is 5.48. The monoisotopic (exact) mass is 128 g/mol. The van der Waals surface area contributed by atoms with Crippen molar-refractivity contribution < 1.29 is 9.50 Å². The molecular formula is C7H9FO. The smallest absolute Gasteiger partial charge is 0.165 e. The van der Waals surface area contributed by atoms with E-state index in [4.69, 9.17) is 11.5 Å². The van der Waals surface area contributed by atoms with E-state index in [2.05, 4.69) is 0 Å². The van der Waals surface area contributed by atoms with Crippen molar-refractivity contribution in [3.8, 4) is 12.3 Å². The molecule has 0 aliphatic rings. The van der Waals surface area contributed by atoms with Gasteiger partial charge >= 0.3 is 0 Å². The van der Waals surface area contributed by atoms with Crippen LogP contribution in [0.5, 0.6) is 0 Å². The molecule has 0 amide bonds. The third-order valence-corrected chi connectivity index (χ3v) is 0.876. The van der Waals surface area contributed by atoms with E-state index >= 15 is 0 Å². The first-order valence-electron chi connectivity index (χ1n) is 2.56. The molecule has 0 aliphatic carbocycles. The summed E-state index contributed by atoms with van der Waals surface area (Å²) in [6.07, 6.45) is 3.37. The quantitative estimate of drug-likeness (QED) is 0.527. The lowest BCUT2D eigenvalue weighted by Gasteiger charge is -1.99. The van der Waals surface area contributed by atoms with Gasteiger partial charge in [0.25, 0.3) is 0 Å². The van der Waals surface area contributed by atoms with Crippen molar-refractivity contribution in [2.75, 3.05) is 0 Å². The van der Waals surface area contributed by atoms with E-state index < -0.39 is 11.9 Å². The summed E-state index contributed by atoms with van der Waals surface area (Å²) in [6.45, 7) is 3.10. The van der Waals surface area contributed by atoms with Gasteiger partial charge in [-0.05, 0) is 19.4 Å². The van der Waals surface area contributed by atoms with Crippen LogP contribution in [0.1, 0.15) is 13.8 Å². The molecule has 0 rings (SSSR count). The van der Waals surface area contributed by atoms with Crippen molar-refractivity contribution in [1.82, 2.24) is 0 Å². The van der Waals surface area contributed by atoms with Gasteiger partial charge in [0.15, 0.2) is 6.10 Å². The summed E-state index contributed by atoms with van der Waals surface area (Å²) in [5, 5.41) is 8.63. The number of aliphatic hydroxyl groups excluding tert-OH is 1. The van der Waals surface area contributed by atoms with Crippen LogP contribution in [0.25, 0.3) is 0 Å². The van der Waals surface area contributed by atoms with Crippen molar-refractivity contribution in [2.45, 2.75) is 20.0 Å². The zero-order valence-corrected chi connectivity index (χ0v) is 5.48. The molecule has 0 saturated heterocycles.